The van der Waals surface area contributed by atoms with Crippen molar-refractivity contribution < 1.29 is 9.32 Å². The van der Waals surface area contributed by atoms with E-state index in [4.69, 9.17) is 10.8 Å². The van der Waals surface area contributed by atoms with Gasteiger partial charge in [0.05, 0.1) is 22.7 Å². The van der Waals surface area contributed by atoms with Crippen LogP contribution in [0.2, 0.25) is 0 Å². The molecule has 0 aliphatic carbocycles. The van der Waals surface area contributed by atoms with E-state index in [0.717, 1.165) is 5.56 Å². The van der Waals surface area contributed by atoms with Crippen molar-refractivity contribution in [2.45, 2.75) is 24.8 Å². The first-order valence-corrected chi connectivity index (χ1v) is 5.75. The molecule has 0 bridgehead atoms. The summed E-state index contributed by atoms with van der Waals surface area (Å²) in [6, 6.07) is 5.33. The third-order valence-electron chi connectivity index (χ3n) is 1.96. The van der Waals surface area contributed by atoms with E-state index in [9.17, 15) is 4.21 Å². The van der Waals surface area contributed by atoms with Crippen LogP contribution in [-0.4, -0.2) is 21.2 Å². The Kier molecular flexibility index (Phi) is 3.66. The van der Waals surface area contributed by atoms with E-state index in [0.29, 0.717) is 10.6 Å². The lowest BCUT2D eigenvalue weighted by Crippen LogP contribution is -2.13. The van der Waals surface area contributed by atoms with Gasteiger partial charge in [0.2, 0.25) is 0 Å². The number of anilines is 1. The molecule has 4 heteroatoms. The summed E-state index contributed by atoms with van der Waals surface area (Å²) in [5, 5.41) is 9.12. The van der Waals surface area contributed by atoms with E-state index in [-0.39, 0.29) is 5.75 Å². The molecule has 0 spiro atoms. The first kappa shape index (κ1) is 11.2. The van der Waals surface area contributed by atoms with E-state index in [1.54, 1.807) is 25.1 Å². The molecular formula is C10H15NO2S. The number of benzene rings is 1. The fourth-order valence-corrected chi connectivity index (χ4v) is 2.49. The average molecular weight is 213 g/mol. The minimum Gasteiger partial charge on any atom is -0.398 e. The van der Waals surface area contributed by atoms with Gasteiger partial charge >= 0.3 is 0 Å². The van der Waals surface area contributed by atoms with Crippen LogP contribution in [0, 0.1) is 6.92 Å². The molecule has 0 aromatic heterocycles. The highest BCUT2D eigenvalue weighted by atomic mass is 32.2. The summed E-state index contributed by atoms with van der Waals surface area (Å²) in [5.74, 6) is 0.254. The largest absolute Gasteiger partial charge is 0.398 e. The molecule has 0 saturated carbocycles. The summed E-state index contributed by atoms with van der Waals surface area (Å²) in [5.41, 5.74) is 7.17. The molecule has 78 valence electrons. The van der Waals surface area contributed by atoms with Gasteiger partial charge in [-0.25, -0.2) is 0 Å². The van der Waals surface area contributed by atoms with E-state index < -0.39 is 16.9 Å². The molecule has 0 aliphatic rings. The zero-order valence-electron chi connectivity index (χ0n) is 8.36. The second kappa shape index (κ2) is 4.57. The molecule has 0 fully saturated rings. The molecule has 1 aromatic carbocycles. The van der Waals surface area contributed by atoms with Crippen LogP contribution in [0.25, 0.3) is 0 Å². The lowest BCUT2D eigenvalue weighted by Gasteiger charge is -2.09. The molecule has 1 rings (SSSR count). The van der Waals surface area contributed by atoms with Crippen molar-refractivity contribution >= 4 is 16.5 Å². The van der Waals surface area contributed by atoms with Gasteiger partial charge in [-0.15, -0.1) is 0 Å². The number of rotatable bonds is 3. The van der Waals surface area contributed by atoms with Crippen LogP contribution in [0.3, 0.4) is 0 Å². The highest BCUT2D eigenvalue weighted by molar-refractivity contribution is 7.85. The van der Waals surface area contributed by atoms with Crippen LogP contribution in [0.1, 0.15) is 12.5 Å². The zero-order valence-corrected chi connectivity index (χ0v) is 9.17. The number of nitrogen functional groups attached to an aromatic ring is 1. The van der Waals surface area contributed by atoms with Gasteiger partial charge in [0.15, 0.2) is 0 Å². The Morgan fingerprint density at radius 3 is 2.79 bits per heavy atom. The maximum Gasteiger partial charge on any atom is 0.0630 e. The van der Waals surface area contributed by atoms with Crippen LogP contribution in [0.15, 0.2) is 23.1 Å². The molecule has 3 N–H and O–H groups in total. The second-order valence-electron chi connectivity index (χ2n) is 3.33. The van der Waals surface area contributed by atoms with Crippen molar-refractivity contribution in [3.63, 3.8) is 0 Å². The van der Waals surface area contributed by atoms with Crippen LogP contribution < -0.4 is 5.73 Å². The van der Waals surface area contributed by atoms with Crippen LogP contribution in [0.5, 0.6) is 0 Å². The third kappa shape index (κ3) is 2.56. The van der Waals surface area contributed by atoms with E-state index in [1.165, 1.54) is 0 Å². The van der Waals surface area contributed by atoms with Gasteiger partial charge in [-0.3, -0.25) is 4.21 Å². The Morgan fingerprint density at radius 1 is 1.57 bits per heavy atom. The zero-order chi connectivity index (χ0) is 10.7. The second-order valence-corrected chi connectivity index (χ2v) is 4.80. The molecule has 3 nitrogen and oxygen atoms in total. The predicted octanol–water partition coefficient (Wildman–Crippen LogP) is 1.07. The van der Waals surface area contributed by atoms with Crippen molar-refractivity contribution in [3.8, 4) is 0 Å². The Hall–Kier alpha value is -0.870. The van der Waals surface area contributed by atoms with Gasteiger partial charge < -0.3 is 10.8 Å². The van der Waals surface area contributed by atoms with Gasteiger partial charge in [0.1, 0.15) is 0 Å². The minimum absolute atomic E-state index is 0.254. The van der Waals surface area contributed by atoms with Gasteiger partial charge in [-0.05, 0) is 31.5 Å². The summed E-state index contributed by atoms with van der Waals surface area (Å²) >= 11 is 0. The Balaban J connectivity index is 2.96. The minimum atomic E-state index is -1.17. The Bertz CT molecular complexity index is 350. The predicted molar refractivity (Wildman–Crippen MR) is 58.5 cm³/mol. The van der Waals surface area contributed by atoms with E-state index >= 15 is 0 Å². The Labute approximate surface area is 86.4 Å². The van der Waals surface area contributed by atoms with Crippen molar-refractivity contribution in [1.29, 1.82) is 0 Å². The number of aliphatic hydroxyl groups is 1. The van der Waals surface area contributed by atoms with Gasteiger partial charge in [-0.2, -0.15) is 0 Å². The average Bonchev–Trinajstić information content (AvgIpc) is 2.08. The number of nitrogens with two attached hydrogens (primary N) is 1. The van der Waals surface area contributed by atoms with E-state index in [2.05, 4.69) is 0 Å². The quantitative estimate of drug-likeness (QED) is 0.738. The summed E-state index contributed by atoms with van der Waals surface area (Å²) in [6.07, 6.45) is -0.559. The molecule has 0 heterocycles. The number of hydrogen-bond donors (Lipinski definition) is 2. The summed E-state index contributed by atoms with van der Waals surface area (Å²) in [6.45, 7) is 3.46. The smallest absolute Gasteiger partial charge is 0.0630 e. The molecule has 1 aromatic rings. The van der Waals surface area contributed by atoms with Crippen molar-refractivity contribution in [1.82, 2.24) is 0 Å². The van der Waals surface area contributed by atoms with Gasteiger partial charge in [-0.1, -0.05) is 6.07 Å². The molecule has 0 saturated heterocycles. The maximum atomic E-state index is 11.7. The molecule has 2 atom stereocenters. The fourth-order valence-electron chi connectivity index (χ4n) is 1.19. The highest BCUT2D eigenvalue weighted by Gasteiger charge is 2.10. The topological polar surface area (TPSA) is 63.3 Å². The molecule has 0 aliphatic heterocycles. The van der Waals surface area contributed by atoms with Crippen LogP contribution >= 0.6 is 0 Å². The molecule has 0 radical (unpaired) electrons. The van der Waals surface area contributed by atoms with Gasteiger partial charge in [0.25, 0.3) is 0 Å². The molecular weight excluding hydrogens is 198 g/mol. The summed E-state index contributed by atoms with van der Waals surface area (Å²) < 4.78 is 11.7. The normalized spacial score (nSPS) is 15.1. The molecule has 0 amide bonds. The number of hydrogen-bond acceptors (Lipinski definition) is 3. The standard InChI is InChI=1S/C10H15NO2S/c1-7(12)6-14(13)10-5-3-4-9(11)8(10)2/h3-5,7,12H,6,11H2,1-2H3. The summed E-state index contributed by atoms with van der Waals surface area (Å²) in [7, 11) is -1.17. The van der Waals surface area contributed by atoms with Crippen LogP contribution in [-0.2, 0) is 10.8 Å². The maximum absolute atomic E-state index is 11.7. The SMILES string of the molecule is Cc1c(N)cccc1S(=O)CC(C)O. The number of aliphatic hydroxyl groups excluding tert-OH is 1. The van der Waals surface area contributed by atoms with E-state index in [1.807, 2.05) is 6.92 Å². The molecule has 2 unspecified atom stereocenters. The van der Waals surface area contributed by atoms with Crippen molar-refractivity contribution in [3.05, 3.63) is 23.8 Å². The Morgan fingerprint density at radius 2 is 2.21 bits per heavy atom. The fraction of sp³-hybridized carbons (Fsp3) is 0.400. The lowest BCUT2D eigenvalue weighted by molar-refractivity contribution is 0.219. The monoisotopic (exact) mass is 213 g/mol. The highest BCUT2D eigenvalue weighted by Crippen LogP contribution is 2.19. The van der Waals surface area contributed by atoms with Crippen molar-refractivity contribution in [2.24, 2.45) is 0 Å². The first-order chi connectivity index (χ1) is 6.52. The third-order valence-corrected chi connectivity index (χ3v) is 3.68. The van der Waals surface area contributed by atoms with Crippen LogP contribution in [0.4, 0.5) is 5.69 Å². The van der Waals surface area contributed by atoms with Crippen molar-refractivity contribution in [2.75, 3.05) is 11.5 Å². The van der Waals surface area contributed by atoms with Gasteiger partial charge in [0, 0.05) is 10.6 Å². The lowest BCUT2D eigenvalue weighted by atomic mass is 10.2. The first-order valence-electron chi connectivity index (χ1n) is 4.44. The molecule has 14 heavy (non-hydrogen) atoms. The summed E-state index contributed by atoms with van der Waals surface area (Å²) in [4.78, 5) is 0.714.